The summed E-state index contributed by atoms with van der Waals surface area (Å²) in [5.74, 6) is 1.56. The van der Waals surface area contributed by atoms with Crippen molar-refractivity contribution in [3.63, 3.8) is 0 Å². The first-order valence-electron chi connectivity index (χ1n) is 10.6. The van der Waals surface area contributed by atoms with Crippen molar-refractivity contribution in [1.29, 1.82) is 0 Å². The molecular weight excluding hydrogens is 396 g/mol. The summed E-state index contributed by atoms with van der Waals surface area (Å²) < 4.78 is 5.89. The summed E-state index contributed by atoms with van der Waals surface area (Å²) in [4.78, 5) is 17.8. The zero-order valence-electron chi connectivity index (χ0n) is 17.8. The number of ether oxygens (including phenoxy) is 1. The number of aryl methyl sites for hydroxylation is 1. The topological polar surface area (TPSA) is 60.8 Å². The lowest BCUT2D eigenvalue weighted by atomic mass is 10.0. The van der Waals surface area contributed by atoms with E-state index in [1.165, 1.54) is 5.56 Å². The lowest BCUT2D eigenvalue weighted by Gasteiger charge is -2.10. The van der Waals surface area contributed by atoms with E-state index in [9.17, 15) is 0 Å². The Morgan fingerprint density at radius 3 is 2.28 bits per heavy atom. The molecule has 0 spiro atoms. The molecule has 0 fully saturated rings. The van der Waals surface area contributed by atoms with Gasteiger partial charge in [-0.3, -0.25) is 9.97 Å². The van der Waals surface area contributed by atoms with Gasteiger partial charge >= 0.3 is 0 Å². The van der Waals surface area contributed by atoms with Crippen molar-refractivity contribution in [2.75, 3.05) is 6.61 Å². The number of pyridine rings is 2. The molecule has 0 aliphatic heterocycles. The first-order valence-corrected chi connectivity index (χ1v) is 10.6. The summed E-state index contributed by atoms with van der Waals surface area (Å²) in [6, 6.07) is 22.4. The second-order valence-electron chi connectivity index (χ2n) is 7.59. The normalized spacial score (nSPS) is 10.9. The number of hydrogen-bond donors (Lipinski definition) is 0. The van der Waals surface area contributed by atoms with E-state index in [-0.39, 0.29) is 0 Å². The molecule has 3 heterocycles. The van der Waals surface area contributed by atoms with E-state index in [1.54, 1.807) is 18.6 Å². The van der Waals surface area contributed by atoms with Crippen LogP contribution in [0, 0.1) is 6.92 Å². The van der Waals surface area contributed by atoms with Gasteiger partial charge in [-0.25, -0.2) is 9.97 Å². The van der Waals surface area contributed by atoms with Gasteiger partial charge in [-0.05, 0) is 66.1 Å². The Kier molecular flexibility index (Phi) is 5.54. The standard InChI is InChI=1S/C27H22N4O/c1-19-25-16-22(8-11-26(25)31-27(30-19)23-5-3-14-29-18-23)21-6-9-24(10-7-21)32-15-12-20-4-2-13-28-17-20/h2-11,13-14,16-18H,12,15H2,1H3. The van der Waals surface area contributed by atoms with Crippen LogP contribution in [0.1, 0.15) is 11.3 Å². The van der Waals surface area contributed by atoms with Gasteiger partial charge in [0.1, 0.15) is 5.75 Å². The largest absolute Gasteiger partial charge is 0.493 e. The summed E-state index contributed by atoms with van der Waals surface area (Å²) in [5.41, 5.74) is 6.22. The fourth-order valence-electron chi connectivity index (χ4n) is 3.66. The lowest BCUT2D eigenvalue weighted by Crippen LogP contribution is -2.01. The Hall–Kier alpha value is -4.12. The van der Waals surface area contributed by atoms with Crippen molar-refractivity contribution in [1.82, 2.24) is 19.9 Å². The second-order valence-corrected chi connectivity index (χ2v) is 7.59. The van der Waals surface area contributed by atoms with E-state index in [0.29, 0.717) is 12.4 Å². The third-order valence-electron chi connectivity index (χ3n) is 5.38. The number of hydrogen-bond acceptors (Lipinski definition) is 5. The molecule has 5 aromatic rings. The summed E-state index contributed by atoms with van der Waals surface area (Å²) in [5, 5.41) is 1.05. The molecule has 0 bridgehead atoms. The highest BCUT2D eigenvalue weighted by Crippen LogP contribution is 2.28. The minimum Gasteiger partial charge on any atom is -0.493 e. The van der Waals surface area contributed by atoms with Crippen LogP contribution in [0.3, 0.4) is 0 Å². The predicted molar refractivity (Wildman–Crippen MR) is 126 cm³/mol. The Morgan fingerprint density at radius 2 is 1.53 bits per heavy atom. The van der Waals surface area contributed by atoms with Crippen molar-refractivity contribution in [2.24, 2.45) is 0 Å². The highest BCUT2D eigenvalue weighted by molar-refractivity contribution is 5.87. The first kappa shape index (κ1) is 19.8. The molecule has 3 aromatic heterocycles. The summed E-state index contributed by atoms with van der Waals surface area (Å²) in [6.07, 6.45) is 8.03. The van der Waals surface area contributed by atoms with Crippen LogP contribution < -0.4 is 4.74 Å². The van der Waals surface area contributed by atoms with Crippen LogP contribution in [-0.4, -0.2) is 26.5 Å². The van der Waals surface area contributed by atoms with Crippen LogP contribution in [0.25, 0.3) is 33.4 Å². The molecule has 5 nitrogen and oxygen atoms in total. The summed E-state index contributed by atoms with van der Waals surface area (Å²) in [6.45, 7) is 2.64. The maximum absolute atomic E-state index is 5.89. The maximum atomic E-state index is 5.89. The quantitative estimate of drug-likeness (QED) is 0.355. The van der Waals surface area contributed by atoms with Gasteiger partial charge in [0.25, 0.3) is 0 Å². The minimum absolute atomic E-state index is 0.622. The Bertz CT molecular complexity index is 1340. The molecule has 0 saturated carbocycles. The van der Waals surface area contributed by atoms with Crippen LogP contribution in [0.4, 0.5) is 0 Å². The van der Waals surface area contributed by atoms with Gasteiger partial charge in [0.15, 0.2) is 5.82 Å². The van der Waals surface area contributed by atoms with Gasteiger partial charge in [0.05, 0.1) is 12.1 Å². The predicted octanol–water partition coefficient (Wildman–Crippen LogP) is 5.68. The van der Waals surface area contributed by atoms with E-state index in [0.717, 1.165) is 45.5 Å². The van der Waals surface area contributed by atoms with Gasteiger partial charge in [0, 0.05) is 47.9 Å². The van der Waals surface area contributed by atoms with E-state index in [4.69, 9.17) is 14.7 Å². The van der Waals surface area contributed by atoms with Gasteiger partial charge in [-0.1, -0.05) is 24.3 Å². The van der Waals surface area contributed by atoms with Crippen molar-refractivity contribution < 1.29 is 4.74 Å². The van der Waals surface area contributed by atoms with Crippen molar-refractivity contribution >= 4 is 10.9 Å². The van der Waals surface area contributed by atoms with Gasteiger partial charge < -0.3 is 4.74 Å². The van der Waals surface area contributed by atoms with Gasteiger partial charge in [-0.15, -0.1) is 0 Å². The Balaban J connectivity index is 1.33. The van der Waals surface area contributed by atoms with Crippen LogP contribution in [0.15, 0.2) is 91.5 Å². The SMILES string of the molecule is Cc1nc(-c2cccnc2)nc2ccc(-c3ccc(OCCc4cccnc4)cc3)cc12. The third kappa shape index (κ3) is 4.32. The number of benzene rings is 2. The Morgan fingerprint density at radius 1 is 0.750 bits per heavy atom. The molecule has 5 rings (SSSR count). The summed E-state index contributed by atoms with van der Waals surface area (Å²) in [7, 11) is 0. The fourth-order valence-corrected chi connectivity index (χ4v) is 3.66. The van der Waals surface area contributed by atoms with Crippen LogP contribution in [0.2, 0.25) is 0 Å². The van der Waals surface area contributed by atoms with Crippen molar-refractivity contribution in [3.05, 3.63) is 103 Å². The van der Waals surface area contributed by atoms with E-state index >= 15 is 0 Å². The molecular formula is C27H22N4O. The molecule has 0 N–H and O–H groups in total. The number of nitrogens with zero attached hydrogens (tertiary/aromatic N) is 4. The highest BCUT2D eigenvalue weighted by atomic mass is 16.5. The smallest absolute Gasteiger partial charge is 0.161 e. The van der Waals surface area contributed by atoms with Crippen LogP contribution >= 0.6 is 0 Å². The molecule has 5 heteroatoms. The molecule has 0 aliphatic rings. The van der Waals surface area contributed by atoms with E-state index < -0.39 is 0 Å². The average Bonchev–Trinajstić information content (AvgIpc) is 2.85. The number of rotatable bonds is 6. The molecule has 0 atom stereocenters. The second kappa shape index (κ2) is 8.94. The third-order valence-corrected chi connectivity index (χ3v) is 5.38. The molecule has 0 saturated heterocycles. The Labute approximate surface area is 186 Å². The highest BCUT2D eigenvalue weighted by Gasteiger charge is 2.09. The number of fused-ring (bicyclic) bond motifs is 1. The van der Waals surface area contributed by atoms with E-state index in [1.807, 2.05) is 43.5 Å². The molecule has 0 radical (unpaired) electrons. The zero-order valence-corrected chi connectivity index (χ0v) is 17.8. The monoisotopic (exact) mass is 418 g/mol. The zero-order chi connectivity index (χ0) is 21.8. The van der Waals surface area contributed by atoms with Crippen LogP contribution in [-0.2, 0) is 6.42 Å². The van der Waals surface area contributed by atoms with Gasteiger partial charge in [-0.2, -0.15) is 0 Å². The molecule has 32 heavy (non-hydrogen) atoms. The molecule has 0 amide bonds. The average molecular weight is 419 g/mol. The molecule has 2 aromatic carbocycles. The minimum atomic E-state index is 0.622. The van der Waals surface area contributed by atoms with Crippen LogP contribution in [0.5, 0.6) is 5.75 Å². The fraction of sp³-hybridized carbons (Fsp3) is 0.111. The molecule has 0 unspecified atom stereocenters. The lowest BCUT2D eigenvalue weighted by molar-refractivity contribution is 0.322. The number of aromatic nitrogens is 4. The summed E-state index contributed by atoms with van der Waals surface area (Å²) >= 11 is 0. The first-order chi connectivity index (χ1) is 15.8. The van der Waals surface area contributed by atoms with Gasteiger partial charge in [0.2, 0.25) is 0 Å². The molecule has 0 aliphatic carbocycles. The maximum Gasteiger partial charge on any atom is 0.161 e. The van der Waals surface area contributed by atoms with Crippen molar-refractivity contribution in [3.8, 4) is 28.3 Å². The van der Waals surface area contributed by atoms with Crippen molar-refractivity contribution in [2.45, 2.75) is 13.3 Å². The van der Waals surface area contributed by atoms with E-state index in [2.05, 4.69) is 46.4 Å². The molecule has 156 valence electrons.